The van der Waals surface area contributed by atoms with Crippen LogP contribution in [0, 0.1) is 0 Å². The van der Waals surface area contributed by atoms with Crippen LogP contribution in [0.1, 0.15) is 21.0 Å². The first-order valence-corrected chi connectivity index (χ1v) is 8.03. The Morgan fingerprint density at radius 2 is 0.962 bits per heavy atom. The molecule has 2 N–H and O–H groups in total. The monoisotopic (exact) mass is 388 g/mol. The van der Waals surface area contributed by atoms with E-state index in [4.69, 9.17) is 23.2 Å². The number of carboxylic acids is 2. The zero-order valence-corrected chi connectivity index (χ0v) is 14.5. The van der Waals surface area contributed by atoms with Crippen LogP contribution in [0.5, 0.6) is 0 Å². The summed E-state index contributed by atoms with van der Waals surface area (Å²) in [6.07, 6.45) is 0. The molecule has 0 saturated heterocycles. The Hall–Kier alpha value is -2.96. The van der Waals surface area contributed by atoms with E-state index < -0.39 is 23.3 Å². The van der Waals surface area contributed by atoms with Crippen molar-refractivity contribution in [3.63, 3.8) is 0 Å². The largest absolute Gasteiger partial charge is 0.476 e. The summed E-state index contributed by atoms with van der Waals surface area (Å²) in [5.74, 6) is -2.96. The van der Waals surface area contributed by atoms with E-state index in [1.54, 1.807) is 48.5 Å². The van der Waals surface area contributed by atoms with Gasteiger partial charge in [0.2, 0.25) is 0 Å². The van der Waals surface area contributed by atoms with E-state index in [0.29, 0.717) is 21.2 Å². The highest BCUT2D eigenvalue weighted by molar-refractivity contribution is 6.31. The molecule has 0 radical (unpaired) electrons. The van der Waals surface area contributed by atoms with Crippen LogP contribution in [0.15, 0.2) is 48.5 Å². The lowest BCUT2D eigenvalue weighted by molar-refractivity contribution is 0.0641. The third kappa shape index (κ3) is 3.51. The molecule has 0 amide bonds. The number of carboxylic acid groups (broad SMARTS) is 2. The summed E-state index contributed by atoms with van der Waals surface area (Å²) in [4.78, 5) is 31.1. The van der Waals surface area contributed by atoms with Crippen LogP contribution in [0.25, 0.3) is 22.5 Å². The molecular weight excluding hydrogens is 379 g/mol. The minimum absolute atomic E-state index is 0.228. The second-order valence-electron chi connectivity index (χ2n) is 5.24. The smallest absolute Gasteiger partial charge is 0.357 e. The first-order chi connectivity index (χ1) is 12.4. The molecule has 6 nitrogen and oxygen atoms in total. The first-order valence-electron chi connectivity index (χ1n) is 7.27. The molecule has 1 heterocycles. The summed E-state index contributed by atoms with van der Waals surface area (Å²) >= 11 is 11.8. The van der Waals surface area contributed by atoms with Crippen molar-refractivity contribution in [3.8, 4) is 22.5 Å². The van der Waals surface area contributed by atoms with Gasteiger partial charge in [0, 0.05) is 21.2 Å². The van der Waals surface area contributed by atoms with Crippen LogP contribution >= 0.6 is 23.2 Å². The van der Waals surface area contributed by atoms with E-state index in [0.717, 1.165) is 0 Å². The summed E-state index contributed by atoms with van der Waals surface area (Å²) in [5, 5.41) is 19.6. The molecule has 8 heteroatoms. The van der Waals surface area contributed by atoms with E-state index in [2.05, 4.69) is 9.97 Å². The Morgan fingerprint density at radius 1 is 0.654 bits per heavy atom. The van der Waals surface area contributed by atoms with Gasteiger partial charge in [0.25, 0.3) is 0 Å². The number of carbonyl (C=O) groups is 2. The Kier molecular flexibility index (Phi) is 4.88. The molecule has 0 aliphatic heterocycles. The predicted octanol–water partition coefficient (Wildman–Crippen LogP) is 4.51. The van der Waals surface area contributed by atoms with E-state index in [1.165, 1.54) is 0 Å². The van der Waals surface area contributed by atoms with Crippen molar-refractivity contribution in [3.05, 3.63) is 70.0 Å². The van der Waals surface area contributed by atoms with Crippen LogP contribution < -0.4 is 0 Å². The van der Waals surface area contributed by atoms with Crippen molar-refractivity contribution >= 4 is 35.1 Å². The molecule has 130 valence electrons. The summed E-state index contributed by atoms with van der Waals surface area (Å²) in [6.45, 7) is 0. The molecule has 3 aromatic rings. The van der Waals surface area contributed by atoms with Crippen molar-refractivity contribution in [1.82, 2.24) is 9.97 Å². The summed E-state index contributed by atoms with van der Waals surface area (Å²) in [7, 11) is 0. The van der Waals surface area contributed by atoms with Crippen LogP contribution in [0.2, 0.25) is 10.0 Å². The van der Waals surface area contributed by atoms with Gasteiger partial charge in [-0.05, 0) is 24.3 Å². The molecule has 0 saturated carbocycles. The molecule has 0 atom stereocenters. The van der Waals surface area contributed by atoms with E-state index in [-0.39, 0.29) is 11.4 Å². The normalized spacial score (nSPS) is 10.5. The van der Waals surface area contributed by atoms with E-state index in [9.17, 15) is 19.8 Å². The molecule has 3 rings (SSSR count). The quantitative estimate of drug-likeness (QED) is 0.681. The fraction of sp³-hybridized carbons (Fsp3) is 0. The Bertz CT molecular complexity index is 920. The highest BCUT2D eigenvalue weighted by Crippen LogP contribution is 2.31. The lowest BCUT2D eigenvalue weighted by Gasteiger charge is -2.12. The van der Waals surface area contributed by atoms with Gasteiger partial charge in [0.05, 0.1) is 11.4 Å². The second kappa shape index (κ2) is 7.11. The number of halogens is 2. The second-order valence-corrected chi connectivity index (χ2v) is 6.11. The van der Waals surface area contributed by atoms with Gasteiger partial charge < -0.3 is 10.2 Å². The first kappa shape index (κ1) is 17.8. The number of benzene rings is 2. The highest BCUT2D eigenvalue weighted by Gasteiger charge is 2.24. The van der Waals surface area contributed by atoms with Gasteiger partial charge in [0.15, 0.2) is 11.4 Å². The topological polar surface area (TPSA) is 100 Å². The minimum Gasteiger partial charge on any atom is -0.476 e. The number of aromatic carboxylic acids is 2. The van der Waals surface area contributed by atoms with Gasteiger partial charge in [-0.1, -0.05) is 47.5 Å². The lowest BCUT2D eigenvalue weighted by atomic mass is 10.0. The van der Waals surface area contributed by atoms with Gasteiger partial charge in [-0.25, -0.2) is 19.6 Å². The third-order valence-corrected chi connectivity index (χ3v) is 4.04. The van der Waals surface area contributed by atoms with Gasteiger partial charge in [-0.3, -0.25) is 0 Å². The van der Waals surface area contributed by atoms with Crippen molar-refractivity contribution < 1.29 is 19.8 Å². The molecular formula is C18H10Cl2N2O4. The molecule has 0 aliphatic carbocycles. The number of aromatic nitrogens is 2. The fourth-order valence-corrected chi connectivity index (χ4v) is 2.60. The van der Waals surface area contributed by atoms with Gasteiger partial charge in [-0.15, -0.1) is 0 Å². The lowest BCUT2D eigenvalue weighted by Crippen LogP contribution is -2.15. The number of hydrogen-bond acceptors (Lipinski definition) is 4. The average molecular weight is 389 g/mol. The van der Waals surface area contributed by atoms with Crippen LogP contribution in [0.3, 0.4) is 0 Å². The molecule has 0 bridgehead atoms. The van der Waals surface area contributed by atoms with Gasteiger partial charge in [0.1, 0.15) is 0 Å². The van der Waals surface area contributed by atoms with Crippen LogP contribution in [0.4, 0.5) is 0 Å². The van der Waals surface area contributed by atoms with Crippen molar-refractivity contribution in [2.75, 3.05) is 0 Å². The Labute approximate surface area is 157 Å². The minimum atomic E-state index is -1.48. The zero-order valence-electron chi connectivity index (χ0n) is 13.0. The van der Waals surface area contributed by atoms with Crippen LogP contribution in [-0.2, 0) is 0 Å². The zero-order chi connectivity index (χ0) is 18.8. The maximum absolute atomic E-state index is 11.5. The summed E-state index contributed by atoms with van der Waals surface area (Å²) in [6, 6.07) is 13.1. The van der Waals surface area contributed by atoms with Crippen molar-refractivity contribution in [1.29, 1.82) is 0 Å². The number of rotatable bonds is 4. The maximum Gasteiger partial charge on any atom is 0.357 e. The fourth-order valence-electron chi connectivity index (χ4n) is 2.35. The summed E-state index contributed by atoms with van der Waals surface area (Å²) < 4.78 is 0. The van der Waals surface area contributed by atoms with Gasteiger partial charge in [-0.2, -0.15) is 0 Å². The van der Waals surface area contributed by atoms with E-state index >= 15 is 0 Å². The molecule has 0 fully saturated rings. The maximum atomic E-state index is 11.5. The molecule has 26 heavy (non-hydrogen) atoms. The number of hydrogen-bond donors (Lipinski definition) is 2. The van der Waals surface area contributed by atoms with Crippen molar-refractivity contribution in [2.45, 2.75) is 0 Å². The molecule has 2 aromatic carbocycles. The van der Waals surface area contributed by atoms with Crippen LogP contribution in [-0.4, -0.2) is 32.1 Å². The Morgan fingerprint density at radius 3 is 1.23 bits per heavy atom. The molecule has 0 spiro atoms. The molecule has 0 aliphatic rings. The molecule has 0 unspecified atom stereocenters. The summed E-state index contributed by atoms with van der Waals surface area (Å²) in [5.41, 5.74) is 0.274. The SMILES string of the molecule is O=C(O)c1nc(-c2ccc(Cl)cc2)c(-c2ccc(Cl)cc2)nc1C(=O)O. The van der Waals surface area contributed by atoms with E-state index in [1.807, 2.05) is 0 Å². The Balaban J connectivity index is 2.33. The predicted molar refractivity (Wildman–Crippen MR) is 96.8 cm³/mol. The number of nitrogens with zero attached hydrogens (tertiary/aromatic N) is 2. The average Bonchev–Trinajstić information content (AvgIpc) is 2.62. The highest BCUT2D eigenvalue weighted by atomic mass is 35.5. The van der Waals surface area contributed by atoms with Crippen molar-refractivity contribution in [2.24, 2.45) is 0 Å². The van der Waals surface area contributed by atoms with Gasteiger partial charge >= 0.3 is 11.9 Å². The third-order valence-electron chi connectivity index (χ3n) is 3.54. The standard InChI is InChI=1S/C18H10Cl2N2O4/c19-11-5-1-9(2-6-11)13-14(10-3-7-12(20)8-4-10)22-16(18(25)26)15(21-13)17(23)24/h1-8H,(H,23,24)(H,25,26). The molecule has 1 aromatic heterocycles.